The van der Waals surface area contributed by atoms with Gasteiger partial charge in [0.25, 0.3) is 0 Å². The number of alkyl halides is 3. The Hall–Kier alpha value is -3.11. The van der Waals surface area contributed by atoms with Gasteiger partial charge in [-0.1, -0.05) is 35.9 Å². The first-order chi connectivity index (χ1) is 15.3. The zero-order valence-electron chi connectivity index (χ0n) is 16.7. The normalized spacial score (nSPS) is 14.4. The van der Waals surface area contributed by atoms with Crippen LogP contribution in [0.5, 0.6) is 0 Å². The van der Waals surface area contributed by atoms with Gasteiger partial charge < -0.3 is 14.1 Å². The SMILES string of the molecule is O=C(N1CCOCC1)N(Cc1ccc(-c2nnc(C(F)(F)F)o2)cc1Cl)c1ccccc1. The maximum Gasteiger partial charge on any atom is 0.470 e. The number of para-hydroxylation sites is 1. The second kappa shape index (κ2) is 9.17. The Balaban J connectivity index is 1.59. The third-order valence-corrected chi connectivity index (χ3v) is 5.23. The first-order valence-electron chi connectivity index (χ1n) is 9.71. The fourth-order valence-electron chi connectivity index (χ4n) is 3.24. The molecule has 4 rings (SSSR count). The average Bonchev–Trinajstić information content (AvgIpc) is 3.30. The van der Waals surface area contributed by atoms with Gasteiger partial charge in [-0.2, -0.15) is 13.2 Å². The Morgan fingerprint density at radius 3 is 2.44 bits per heavy atom. The van der Waals surface area contributed by atoms with Crippen molar-refractivity contribution < 1.29 is 27.1 Å². The minimum absolute atomic E-state index is 0.164. The maximum absolute atomic E-state index is 13.2. The molecule has 168 valence electrons. The zero-order chi connectivity index (χ0) is 22.7. The highest BCUT2D eigenvalue weighted by molar-refractivity contribution is 6.31. The summed E-state index contributed by atoms with van der Waals surface area (Å²) in [4.78, 5) is 16.5. The predicted molar refractivity (Wildman–Crippen MR) is 110 cm³/mol. The number of carbonyl (C=O) groups excluding carboxylic acids is 1. The quantitative estimate of drug-likeness (QED) is 0.548. The molecular formula is C21H18ClF3N4O3. The topological polar surface area (TPSA) is 71.7 Å². The molecule has 2 heterocycles. The summed E-state index contributed by atoms with van der Waals surface area (Å²) in [5, 5.41) is 6.72. The standard InChI is InChI=1S/C21H18ClF3N4O3/c22-17-12-14(18-26-27-19(32-18)21(23,24)25)6-7-15(17)13-29(16-4-2-1-3-5-16)20(30)28-8-10-31-11-9-28/h1-7,12H,8-11,13H2. The van der Waals surface area contributed by atoms with Crippen molar-refractivity contribution >= 4 is 23.3 Å². The van der Waals surface area contributed by atoms with E-state index in [-0.39, 0.29) is 29.1 Å². The molecule has 7 nitrogen and oxygen atoms in total. The highest BCUT2D eigenvalue weighted by atomic mass is 35.5. The summed E-state index contributed by atoms with van der Waals surface area (Å²) >= 11 is 6.41. The first kappa shape index (κ1) is 22.1. The monoisotopic (exact) mass is 466 g/mol. The van der Waals surface area contributed by atoms with Crippen molar-refractivity contribution in [2.75, 3.05) is 31.2 Å². The molecule has 1 aliphatic rings. The number of nitrogens with zero attached hydrogens (tertiary/aromatic N) is 4. The summed E-state index contributed by atoms with van der Waals surface area (Å²) in [6.45, 7) is 2.06. The van der Waals surface area contributed by atoms with Gasteiger partial charge >= 0.3 is 18.1 Å². The zero-order valence-corrected chi connectivity index (χ0v) is 17.4. The second-order valence-corrected chi connectivity index (χ2v) is 7.43. The van der Waals surface area contributed by atoms with Gasteiger partial charge in [0, 0.05) is 29.4 Å². The van der Waals surface area contributed by atoms with Crippen molar-refractivity contribution in [2.45, 2.75) is 12.7 Å². The summed E-state index contributed by atoms with van der Waals surface area (Å²) in [5.41, 5.74) is 1.54. The Bertz CT molecular complexity index is 1090. The molecule has 3 aromatic rings. The molecule has 32 heavy (non-hydrogen) atoms. The van der Waals surface area contributed by atoms with Gasteiger partial charge in [0.05, 0.1) is 19.8 Å². The number of rotatable bonds is 4. The van der Waals surface area contributed by atoms with E-state index in [0.717, 1.165) is 0 Å². The minimum atomic E-state index is -4.73. The molecule has 0 saturated carbocycles. The van der Waals surface area contributed by atoms with Crippen LogP contribution in [0.15, 0.2) is 52.9 Å². The van der Waals surface area contributed by atoms with E-state index in [9.17, 15) is 18.0 Å². The van der Waals surface area contributed by atoms with Gasteiger partial charge in [-0.15, -0.1) is 10.2 Å². The molecule has 2 aromatic carbocycles. The van der Waals surface area contributed by atoms with Crippen molar-refractivity contribution in [1.82, 2.24) is 15.1 Å². The van der Waals surface area contributed by atoms with Crippen molar-refractivity contribution in [3.63, 3.8) is 0 Å². The second-order valence-electron chi connectivity index (χ2n) is 7.02. The van der Waals surface area contributed by atoms with Gasteiger partial charge in [-0.05, 0) is 29.8 Å². The lowest BCUT2D eigenvalue weighted by atomic mass is 10.1. The number of urea groups is 1. The van der Waals surface area contributed by atoms with E-state index in [1.165, 1.54) is 12.1 Å². The van der Waals surface area contributed by atoms with E-state index in [4.69, 9.17) is 20.8 Å². The van der Waals surface area contributed by atoms with Crippen LogP contribution in [0.25, 0.3) is 11.5 Å². The maximum atomic E-state index is 13.2. The van der Waals surface area contributed by atoms with Gasteiger partial charge in [-0.3, -0.25) is 4.90 Å². The summed E-state index contributed by atoms with van der Waals surface area (Å²) in [6, 6.07) is 13.5. The van der Waals surface area contributed by atoms with Gasteiger partial charge in [-0.25, -0.2) is 4.79 Å². The number of hydrogen-bond donors (Lipinski definition) is 0. The van der Waals surface area contributed by atoms with E-state index >= 15 is 0 Å². The summed E-state index contributed by atoms with van der Waals surface area (Å²) in [5.74, 6) is -1.73. The molecular weight excluding hydrogens is 449 g/mol. The highest BCUT2D eigenvalue weighted by Gasteiger charge is 2.38. The average molecular weight is 467 g/mol. The predicted octanol–water partition coefficient (Wildman–Crippen LogP) is 4.87. The van der Waals surface area contributed by atoms with E-state index in [1.807, 2.05) is 30.3 Å². The van der Waals surface area contributed by atoms with E-state index in [0.29, 0.717) is 37.6 Å². The lowest BCUT2D eigenvalue weighted by Gasteiger charge is -2.33. The number of anilines is 1. The number of hydrogen-bond acceptors (Lipinski definition) is 5. The Morgan fingerprint density at radius 1 is 1.09 bits per heavy atom. The molecule has 0 unspecified atom stereocenters. The molecule has 11 heteroatoms. The van der Waals surface area contributed by atoms with Gasteiger partial charge in [0.2, 0.25) is 5.89 Å². The van der Waals surface area contributed by atoms with Gasteiger partial charge in [0.1, 0.15) is 0 Å². The molecule has 1 aromatic heterocycles. The van der Waals surface area contributed by atoms with Crippen LogP contribution in [0.4, 0.5) is 23.7 Å². The van der Waals surface area contributed by atoms with Crippen molar-refractivity contribution in [1.29, 1.82) is 0 Å². The lowest BCUT2D eigenvalue weighted by Crippen LogP contribution is -2.48. The van der Waals surface area contributed by atoms with Crippen LogP contribution in [0.3, 0.4) is 0 Å². The van der Waals surface area contributed by atoms with E-state index in [2.05, 4.69) is 10.2 Å². The molecule has 1 aliphatic heterocycles. The summed E-state index contributed by atoms with van der Waals surface area (Å²) < 4.78 is 48.2. The fraction of sp³-hybridized carbons (Fsp3) is 0.286. The van der Waals surface area contributed by atoms with E-state index < -0.39 is 12.1 Å². The molecule has 2 amide bonds. The molecule has 1 fully saturated rings. The smallest absolute Gasteiger partial charge is 0.413 e. The van der Waals surface area contributed by atoms with Crippen LogP contribution in [0.1, 0.15) is 11.5 Å². The number of halogens is 4. The number of aromatic nitrogens is 2. The molecule has 0 aliphatic carbocycles. The van der Waals surface area contributed by atoms with Crippen LogP contribution >= 0.6 is 11.6 Å². The number of benzene rings is 2. The van der Waals surface area contributed by atoms with Gasteiger partial charge in [0.15, 0.2) is 0 Å². The molecule has 0 bridgehead atoms. The molecule has 0 radical (unpaired) electrons. The van der Waals surface area contributed by atoms with Crippen molar-refractivity contribution in [3.8, 4) is 11.5 Å². The summed E-state index contributed by atoms with van der Waals surface area (Å²) in [6.07, 6.45) is -4.73. The molecule has 0 spiro atoms. The van der Waals surface area contributed by atoms with Crippen molar-refractivity contribution in [3.05, 3.63) is 65.0 Å². The first-order valence-corrected chi connectivity index (χ1v) is 10.1. The molecule has 0 atom stereocenters. The minimum Gasteiger partial charge on any atom is -0.413 e. The Kier molecular flexibility index (Phi) is 6.33. The van der Waals surface area contributed by atoms with Crippen LogP contribution < -0.4 is 4.90 Å². The van der Waals surface area contributed by atoms with Crippen LogP contribution in [-0.2, 0) is 17.5 Å². The van der Waals surface area contributed by atoms with E-state index in [1.54, 1.807) is 15.9 Å². The lowest BCUT2D eigenvalue weighted by molar-refractivity contribution is -0.156. The number of morpholine rings is 1. The summed E-state index contributed by atoms with van der Waals surface area (Å²) in [7, 11) is 0. The number of amides is 2. The third kappa shape index (κ3) is 4.86. The van der Waals surface area contributed by atoms with Crippen LogP contribution in [0, 0.1) is 0 Å². The molecule has 0 N–H and O–H groups in total. The Morgan fingerprint density at radius 2 is 1.81 bits per heavy atom. The highest BCUT2D eigenvalue weighted by Crippen LogP contribution is 2.32. The largest absolute Gasteiger partial charge is 0.470 e. The Labute approximate surface area is 186 Å². The molecule has 1 saturated heterocycles. The van der Waals surface area contributed by atoms with Crippen LogP contribution in [0.2, 0.25) is 5.02 Å². The van der Waals surface area contributed by atoms with Crippen molar-refractivity contribution in [2.24, 2.45) is 0 Å². The fourth-order valence-corrected chi connectivity index (χ4v) is 3.48. The number of carbonyl (C=O) groups is 1. The number of ether oxygens (including phenoxy) is 1. The third-order valence-electron chi connectivity index (χ3n) is 4.88. The van der Waals surface area contributed by atoms with Crippen LogP contribution in [-0.4, -0.2) is 47.4 Å².